The minimum Gasteiger partial charge on any atom is -0.481 e. The van der Waals surface area contributed by atoms with E-state index in [4.69, 9.17) is 5.11 Å². The first-order valence-corrected chi connectivity index (χ1v) is 6.08. The molecule has 104 valence electrons. The van der Waals surface area contributed by atoms with E-state index in [1.807, 2.05) is 0 Å². The highest BCUT2D eigenvalue weighted by Crippen LogP contribution is 2.08. The Morgan fingerprint density at radius 3 is 2.70 bits per heavy atom. The number of hydrogen-bond donors (Lipinski definition) is 2. The molecule has 6 nitrogen and oxygen atoms in total. The Labute approximate surface area is 114 Å². The summed E-state index contributed by atoms with van der Waals surface area (Å²) in [7, 11) is 1.47. The fourth-order valence-electron chi connectivity index (χ4n) is 1.90. The van der Waals surface area contributed by atoms with Gasteiger partial charge in [0.1, 0.15) is 5.56 Å². The van der Waals surface area contributed by atoms with Crippen molar-refractivity contribution >= 4 is 22.8 Å². The van der Waals surface area contributed by atoms with Crippen LogP contribution in [-0.2, 0) is 4.79 Å². The molecule has 2 N–H and O–H groups in total. The molecule has 0 bridgehead atoms. The van der Waals surface area contributed by atoms with Crippen LogP contribution >= 0.6 is 0 Å². The van der Waals surface area contributed by atoms with Crippen molar-refractivity contribution in [2.24, 2.45) is 0 Å². The predicted molar refractivity (Wildman–Crippen MR) is 73.8 cm³/mol. The van der Waals surface area contributed by atoms with Crippen LogP contribution in [0.2, 0.25) is 0 Å². The molecule has 1 aromatic heterocycles. The predicted octanol–water partition coefficient (Wildman–Crippen LogP) is 1.07. The summed E-state index contributed by atoms with van der Waals surface area (Å²) in [6.45, 7) is 0.0560. The first kappa shape index (κ1) is 13.8. The van der Waals surface area contributed by atoms with Gasteiger partial charge in [0.05, 0.1) is 6.42 Å². The van der Waals surface area contributed by atoms with Crippen molar-refractivity contribution in [3.63, 3.8) is 0 Å². The second-order valence-corrected chi connectivity index (χ2v) is 4.45. The van der Waals surface area contributed by atoms with E-state index in [1.165, 1.54) is 18.1 Å². The summed E-state index contributed by atoms with van der Waals surface area (Å²) in [5.41, 5.74) is 0.311. The number of aliphatic carboxylic acids is 1. The second-order valence-electron chi connectivity index (χ2n) is 4.45. The Bertz CT molecular complexity index is 720. The Morgan fingerprint density at radius 1 is 1.30 bits per heavy atom. The summed E-state index contributed by atoms with van der Waals surface area (Å²) in [5.74, 6) is -1.48. The van der Waals surface area contributed by atoms with E-state index < -0.39 is 11.9 Å². The number of rotatable bonds is 4. The van der Waals surface area contributed by atoms with Crippen LogP contribution in [0.15, 0.2) is 35.3 Å². The van der Waals surface area contributed by atoms with Crippen LogP contribution < -0.4 is 5.43 Å². The van der Waals surface area contributed by atoms with Gasteiger partial charge in [0, 0.05) is 30.7 Å². The van der Waals surface area contributed by atoms with E-state index in [0.717, 1.165) is 0 Å². The quantitative estimate of drug-likeness (QED) is 0.872. The maximum absolute atomic E-state index is 12.2. The number of nitrogens with zero attached hydrogens (tertiary/aromatic N) is 1. The zero-order valence-corrected chi connectivity index (χ0v) is 10.9. The number of pyridine rings is 1. The van der Waals surface area contributed by atoms with Gasteiger partial charge >= 0.3 is 5.97 Å². The third kappa shape index (κ3) is 2.69. The van der Waals surface area contributed by atoms with Crippen LogP contribution in [0.1, 0.15) is 16.8 Å². The lowest BCUT2D eigenvalue weighted by molar-refractivity contribution is -0.137. The molecule has 0 saturated heterocycles. The van der Waals surface area contributed by atoms with Gasteiger partial charge in [-0.15, -0.1) is 0 Å². The lowest BCUT2D eigenvalue weighted by Gasteiger charge is -2.15. The Hall–Kier alpha value is -2.63. The number of amides is 1. The Morgan fingerprint density at radius 2 is 2.00 bits per heavy atom. The van der Waals surface area contributed by atoms with Gasteiger partial charge in [0.25, 0.3) is 5.91 Å². The molecule has 2 rings (SSSR count). The fourth-order valence-corrected chi connectivity index (χ4v) is 1.90. The summed E-state index contributed by atoms with van der Waals surface area (Å²) in [6, 6.07) is 6.90. The summed E-state index contributed by atoms with van der Waals surface area (Å²) >= 11 is 0. The van der Waals surface area contributed by atoms with Gasteiger partial charge in [-0.05, 0) is 12.1 Å². The molecule has 0 fully saturated rings. The zero-order valence-electron chi connectivity index (χ0n) is 10.9. The van der Waals surface area contributed by atoms with Crippen LogP contribution in [0.5, 0.6) is 0 Å². The fraction of sp³-hybridized carbons (Fsp3) is 0.214. The second kappa shape index (κ2) is 5.56. The molecule has 1 aromatic carbocycles. The highest BCUT2D eigenvalue weighted by Gasteiger charge is 2.17. The highest BCUT2D eigenvalue weighted by atomic mass is 16.4. The van der Waals surface area contributed by atoms with E-state index in [0.29, 0.717) is 10.9 Å². The van der Waals surface area contributed by atoms with Crippen molar-refractivity contribution in [2.75, 3.05) is 13.6 Å². The molecule has 0 atom stereocenters. The molecule has 0 unspecified atom stereocenters. The number of H-pyrrole nitrogens is 1. The monoisotopic (exact) mass is 274 g/mol. The van der Waals surface area contributed by atoms with Crippen LogP contribution in [0.4, 0.5) is 0 Å². The molecule has 1 heterocycles. The normalized spacial score (nSPS) is 10.4. The van der Waals surface area contributed by atoms with Crippen molar-refractivity contribution in [1.82, 2.24) is 9.88 Å². The molecule has 0 aliphatic heterocycles. The number of carbonyl (C=O) groups is 2. The maximum atomic E-state index is 12.2. The van der Waals surface area contributed by atoms with Gasteiger partial charge in [0.2, 0.25) is 5.43 Å². The third-order valence-electron chi connectivity index (χ3n) is 3.03. The topological polar surface area (TPSA) is 90.5 Å². The van der Waals surface area contributed by atoms with Crippen LogP contribution in [-0.4, -0.2) is 40.5 Å². The number of carbonyl (C=O) groups excluding carboxylic acids is 1. The molecule has 0 spiro atoms. The van der Waals surface area contributed by atoms with E-state index in [9.17, 15) is 14.4 Å². The average molecular weight is 274 g/mol. The van der Waals surface area contributed by atoms with Gasteiger partial charge in [-0.2, -0.15) is 0 Å². The Kier molecular flexibility index (Phi) is 3.84. The maximum Gasteiger partial charge on any atom is 0.305 e. The number of nitrogens with one attached hydrogen (secondary N) is 1. The summed E-state index contributed by atoms with van der Waals surface area (Å²) in [5, 5.41) is 9.04. The van der Waals surface area contributed by atoms with Crippen LogP contribution in [0.25, 0.3) is 10.9 Å². The highest BCUT2D eigenvalue weighted by molar-refractivity contribution is 5.97. The van der Waals surface area contributed by atoms with Crippen molar-refractivity contribution in [3.8, 4) is 0 Å². The molecule has 20 heavy (non-hydrogen) atoms. The number of hydrogen-bond acceptors (Lipinski definition) is 3. The van der Waals surface area contributed by atoms with Crippen molar-refractivity contribution in [2.45, 2.75) is 6.42 Å². The van der Waals surface area contributed by atoms with Gasteiger partial charge in [-0.25, -0.2) is 0 Å². The van der Waals surface area contributed by atoms with E-state index in [2.05, 4.69) is 4.98 Å². The molecule has 0 aliphatic carbocycles. The number of aromatic nitrogens is 1. The number of para-hydroxylation sites is 1. The van der Waals surface area contributed by atoms with Gasteiger partial charge in [0.15, 0.2) is 0 Å². The molecule has 0 aliphatic rings. The van der Waals surface area contributed by atoms with Crippen LogP contribution in [0.3, 0.4) is 0 Å². The first-order valence-electron chi connectivity index (χ1n) is 6.08. The zero-order chi connectivity index (χ0) is 14.7. The molecular formula is C14H14N2O4. The molecule has 6 heteroatoms. The van der Waals surface area contributed by atoms with Crippen molar-refractivity contribution < 1.29 is 14.7 Å². The summed E-state index contributed by atoms with van der Waals surface area (Å²) < 4.78 is 0. The van der Waals surface area contributed by atoms with Gasteiger partial charge in [-0.3, -0.25) is 14.4 Å². The SMILES string of the molecule is CN(CCC(=O)O)C(=O)c1c[nH]c2ccccc2c1=O. The molecule has 1 amide bonds. The molecule has 0 saturated carbocycles. The number of benzene rings is 1. The van der Waals surface area contributed by atoms with Gasteiger partial charge in [-0.1, -0.05) is 12.1 Å². The van der Waals surface area contributed by atoms with E-state index in [1.54, 1.807) is 24.3 Å². The summed E-state index contributed by atoms with van der Waals surface area (Å²) in [6.07, 6.45) is 1.21. The Balaban J connectivity index is 2.33. The number of carboxylic acid groups (broad SMARTS) is 1. The van der Waals surface area contributed by atoms with Crippen molar-refractivity contribution in [1.29, 1.82) is 0 Å². The van der Waals surface area contributed by atoms with Crippen molar-refractivity contribution in [3.05, 3.63) is 46.2 Å². The molecule has 2 aromatic rings. The number of aromatic amines is 1. The molecular weight excluding hydrogens is 260 g/mol. The minimum atomic E-state index is -0.989. The largest absolute Gasteiger partial charge is 0.481 e. The van der Waals surface area contributed by atoms with Gasteiger partial charge < -0.3 is 15.0 Å². The first-order chi connectivity index (χ1) is 9.50. The average Bonchev–Trinajstić information content (AvgIpc) is 2.44. The molecule has 0 radical (unpaired) electrons. The minimum absolute atomic E-state index is 0.0107. The number of fused-ring (bicyclic) bond motifs is 1. The van der Waals surface area contributed by atoms with E-state index in [-0.39, 0.29) is 24.0 Å². The number of carboxylic acids is 1. The third-order valence-corrected chi connectivity index (χ3v) is 3.03. The lowest BCUT2D eigenvalue weighted by atomic mass is 10.1. The summed E-state index contributed by atoms with van der Waals surface area (Å²) in [4.78, 5) is 39.0. The smallest absolute Gasteiger partial charge is 0.305 e. The standard InChI is InChI=1S/C14H14N2O4/c1-16(7-6-12(17)18)14(20)10-8-15-11-5-3-2-4-9(11)13(10)19/h2-5,8H,6-7H2,1H3,(H,15,19)(H,17,18). The lowest BCUT2D eigenvalue weighted by Crippen LogP contribution is -2.32. The van der Waals surface area contributed by atoms with Crippen LogP contribution in [0, 0.1) is 0 Å². The van der Waals surface area contributed by atoms with E-state index >= 15 is 0 Å².